The van der Waals surface area contributed by atoms with Crippen molar-refractivity contribution in [2.75, 3.05) is 13.1 Å². The lowest BCUT2D eigenvalue weighted by Crippen LogP contribution is -2.53. The number of nitrogens with zero attached hydrogens (tertiary/aromatic N) is 4. The molecule has 1 aliphatic carbocycles. The number of carbonyl (C=O) groups is 2. The van der Waals surface area contributed by atoms with Gasteiger partial charge < -0.3 is 15.0 Å². The highest BCUT2D eigenvalue weighted by Gasteiger charge is 2.37. The number of likely N-dealkylation sites (tertiary alicyclic amines) is 1. The number of rotatable bonds is 4. The molecule has 0 bridgehead atoms. The van der Waals surface area contributed by atoms with Crippen LogP contribution in [0.5, 0.6) is 0 Å². The molecule has 0 aromatic carbocycles. The SMILES string of the molecule is CC(C)(C)OC(=O)N[C@H](C(=O)N1CCCC1)C1CCC(N=[N+]=[N-])CC1. The van der Waals surface area contributed by atoms with Crippen molar-refractivity contribution >= 4 is 12.0 Å². The fraction of sp³-hybridized carbons (Fsp3) is 0.882. The molecule has 25 heavy (non-hydrogen) atoms. The first kappa shape index (κ1) is 19.4. The summed E-state index contributed by atoms with van der Waals surface area (Å²) in [7, 11) is 0. The number of azide groups is 1. The number of nitrogens with one attached hydrogen (secondary N) is 1. The van der Waals surface area contributed by atoms with Gasteiger partial charge in [0.05, 0.1) is 0 Å². The maximum Gasteiger partial charge on any atom is 0.408 e. The average molecular weight is 351 g/mol. The third kappa shape index (κ3) is 5.81. The Labute approximate surface area is 148 Å². The van der Waals surface area contributed by atoms with Gasteiger partial charge in [-0.3, -0.25) is 4.79 Å². The maximum atomic E-state index is 12.9. The summed E-state index contributed by atoms with van der Waals surface area (Å²) in [6.45, 7) is 6.90. The van der Waals surface area contributed by atoms with E-state index in [0.717, 1.165) is 51.6 Å². The molecule has 0 unspecified atom stereocenters. The van der Waals surface area contributed by atoms with Gasteiger partial charge >= 0.3 is 6.09 Å². The van der Waals surface area contributed by atoms with Gasteiger partial charge in [-0.25, -0.2) is 4.79 Å². The second-order valence-electron chi connectivity index (χ2n) is 7.93. The van der Waals surface area contributed by atoms with Crippen molar-refractivity contribution in [3.8, 4) is 0 Å². The zero-order valence-corrected chi connectivity index (χ0v) is 15.4. The van der Waals surface area contributed by atoms with Crippen LogP contribution in [0.25, 0.3) is 10.4 Å². The van der Waals surface area contributed by atoms with Crippen LogP contribution in [0.2, 0.25) is 0 Å². The van der Waals surface area contributed by atoms with Crippen LogP contribution < -0.4 is 5.32 Å². The molecule has 8 heteroatoms. The minimum Gasteiger partial charge on any atom is -0.444 e. The van der Waals surface area contributed by atoms with E-state index in [0.29, 0.717) is 0 Å². The van der Waals surface area contributed by atoms with Crippen molar-refractivity contribution in [3.05, 3.63) is 10.4 Å². The first-order chi connectivity index (χ1) is 11.8. The molecule has 0 aromatic heterocycles. The zero-order valence-electron chi connectivity index (χ0n) is 15.4. The second kappa shape index (κ2) is 8.43. The van der Waals surface area contributed by atoms with Crippen molar-refractivity contribution in [1.82, 2.24) is 10.2 Å². The molecule has 1 saturated heterocycles. The number of ether oxygens (including phenoxy) is 1. The Morgan fingerprint density at radius 1 is 1.20 bits per heavy atom. The van der Waals surface area contributed by atoms with E-state index in [-0.39, 0.29) is 17.9 Å². The molecule has 1 aliphatic heterocycles. The quantitative estimate of drug-likeness (QED) is 0.476. The predicted molar refractivity (Wildman–Crippen MR) is 93.9 cm³/mol. The highest BCUT2D eigenvalue weighted by atomic mass is 16.6. The molecule has 140 valence electrons. The molecule has 8 nitrogen and oxygen atoms in total. The first-order valence-corrected chi connectivity index (χ1v) is 9.12. The molecule has 0 radical (unpaired) electrons. The Balaban J connectivity index is 2.05. The highest BCUT2D eigenvalue weighted by molar-refractivity contribution is 5.86. The summed E-state index contributed by atoms with van der Waals surface area (Å²) in [5.74, 6) is 0.0290. The summed E-state index contributed by atoms with van der Waals surface area (Å²) in [5, 5.41) is 6.59. The minimum atomic E-state index is -0.607. The third-order valence-electron chi connectivity index (χ3n) is 4.78. The van der Waals surface area contributed by atoms with Gasteiger partial charge in [0, 0.05) is 24.0 Å². The zero-order chi connectivity index (χ0) is 18.4. The fourth-order valence-corrected chi connectivity index (χ4v) is 3.57. The third-order valence-corrected chi connectivity index (χ3v) is 4.78. The largest absolute Gasteiger partial charge is 0.444 e. The lowest BCUT2D eigenvalue weighted by atomic mass is 9.81. The normalized spacial score (nSPS) is 25.0. The van der Waals surface area contributed by atoms with Crippen molar-refractivity contribution < 1.29 is 14.3 Å². The number of amides is 2. The van der Waals surface area contributed by atoms with Crippen LogP contribution in [-0.2, 0) is 9.53 Å². The molecule has 1 atom stereocenters. The average Bonchev–Trinajstić information content (AvgIpc) is 3.06. The van der Waals surface area contributed by atoms with Crippen LogP contribution in [0.15, 0.2) is 5.11 Å². The molecule has 0 spiro atoms. The van der Waals surface area contributed by atoms with Crippen LogP contribution in [0, 0.1) is 5.92 Å². The van der Waals surface area contributed by atoms with E-state index < -0.39 is 17.7 Å². The molecule has 1 N–H and O–H groups in total. The van der Waals surface area contributed by atoms with Gasteiger partial charge in [0.1, 0.15) is 11.6 Å². The topological polar surface area (TPSA) is 107 Å². The van der Waals surface area contributed by atoms with E-state index in [1.54, 1.807) is 20.8 Å². The van der Waals surface area contributed by atoms with E-state index in [4.69, 9.17) is 10.3 Å². The molecule has 2 rings (SSSR count). The van der Waals surface area contributed by atoms with Crippen molar-refractivity contribution in [1.29, 1.82) is 0 Å². The molecular formula is C17H29N5O3. The summed E-state index contributed by atoms with van der Waals surface area (Å²) < 4.78 is 5.34. The standard InChI is InChI=1S/C17H29N5O3/c1-17(2,3)25-16(24)19-14(15(23)22-10-4-5-11-22)12-6-8-13(9-7-12)20-21-18/h12-14H,4-11H2,1-3H3,(H,19,24)/t12?,13?,14-/m0/s1. The Morgan fingerprint density at radius 3 is 2.32 bits per heavy atom. The van der Waals surface area contributed by atoms with Crippen LogP contribution in [0.4, 0.5) is 4.79 Å². The number of hydrogen-bond donors (Lipinski definition) is 1. The van der Waals surface area contributed by atoms with Crippen LogP contribution >= 0.6 is 0 Å². The van der Waals surface area contributed by atoms with E-state index >= 15 is 0 Å². The summed E-state index contributed by atoms with van der Waals surface area (Å²) in [6, 6.07) is -0.578. The second-order valence-corrected chi connectivity index (χ2v) is 7.93. The van der Waals surface area contributed by atoms with Gasteiger partial charge in [0.25, 0.3) is 0 Å². The summed E-state index contributed by atoms with van der Waals surface area (Å²) in [4.78, 5) is 29.9. The van der Waals surface area contributed by atoms with E-state index in [1.165, 1.54) is 0 Å². The summed E-state index contributed by atoms with van der Waals surface area (Å²) >= 11 is 0. The molecule has 1 saturated carbocycles. The van der Waals surface area contributed by atoms with Gasteiger partial charge in [0.2, 0.25) is 5.91 Å². The Morgan fingerprint density at radius 2 is 1.80 bits per heavy atom. The van der Waals surface area contributed by atoms with Crippen molar-refractivity contribution in [2.45, 2.75) is 77.0 Å². The van der Waals surface area contributed by atoms with Gasteiger partial charge in [-0.15, -0.1) is 0 Å². The molecule has 0 aromatic rings. The van der Waals surface area contributed by atoms with E-state index in [2.05, 4.69) is 15.3 Å². The lowest BCUT2D eigenvalue weighted by Gasteiger charge is -2.34. The summed E-state index contributed by atoms with van der Waals surface area (Å²) in [5.41, 5.74) is 7.97. The van der Waals surface area contributed by atoms with Gasteiger partial charge in [0.15, 0.2) is 0 Å². The lowest BCUT2D eigenvalue weighted by molar-refractivity contribution is -0.134. The molecular weight excluding hydrogens is 322 g/mol. The van der Waals surface area contributed by atoms with E-state index in [9.17, 15) is 9.59 Å². The van der Waals surface area contributed by atoms with Gasteiger partial charge in [-0.05, 0) is 70.7 Å². The van der Waals surface area contributed by atoms with Crippen LogP contribution in [-0.4, -0.2) is 47.7 Å². The fourth-order valence-electron chi connectivity index (χ4n) is 3.57. The van der Waals surface area contributed by atoms with Crippen LogP contribution in [0.3, 0.4) is 0 Å². The molecule has 1 heterocycles. The molecule has 2 aliphatic rings. The predicted octanol–water partition coefficient (Wildman–Crippen LogP) is 3.37. The van der Waals surface area contributed by atoms with Gasteiger partial charge in [-0.1, -0.05) is 5.11 Å². The van der Waals surface area contributed by atoms with E-state index in [1.807, 2.05) is 4.90 Å². The number of alkyl carbamates (subject to hydrolysis) is 1. The molecule has 2 fully saturated rings. The number of carbonyl (C=O) groups excluding carboxylic acids is 2. The Kier molecular flexibility index (Phi) is 6.53. The smallest absolute Gasteiger partial charge is 0.408 e. The first-order valence-electron chi connectivity index (χ1n) is 9.12. The van der Waals surface area contributed by atoms with Crippen molar-refractivity contribution in [3.63, 3.8) is 0 Å². The molecule has 2 amide bonds. The number of hydrogen-bond acceptors (Lipinski definition) is 4. The minimum absolute atomic E-state index is 0.00897. The highest BCUT2D eigenvalue weighted by Crippen LogP contribution is 2.30. The maximum absolute atomic E-state index is 12.9. The van der Waals surface area contributed by atoms with Crippen molar-refractivity contribution in [2.24, 2.45) is 11.0 Å². The summed E-state index contributed by atoms with van der Waals surface area (Å²) in [6.07, 6.45) is 4.46. The Bertz CT molecular complexity index is 525. The van der Waals surface area contributed by atoms with Gasteiger partial charge in [-0.2, -0.15) is 0 Å². The Hall–Kier alpha value is -1.95. The van der Waals surface area contributed by atoms with Crippen LogP contribution in [0.1, 0.15) is 59.3 Å². The monoisotopic (exact) mass is 351 g/mol.